The molecule has 2 saturated carbocycles. The number of Topliss-reactive ketones (excluding diaryl/α,β-unsaturated/α-hetero) is 1. The first-order valence-corrected chi connectivity index (χ1v) is 5.47. The zero-order valence-electron chi connectivity index (χ0n) is 8.58. The fourth-order valence-electron chi connectivity index (χ4n) is 2.67. The molecule has 0 aromatic heterocycles. The van der Waals surface area contributed by atoms with Gasteiger partial charge in [0.15, 0.2) is 0 Å². The van der Waals surface area contributed by atoms with Crippen molar-refractivity contribution in [2.75, 3.05) is 0 Å². The molecule has 0 radical (unpaired) electrons. The third kappa shape index (κ3) is 1.97. The van der Waals surface area contributed by atoms with E-state index in [-0.39, 0.29) is 18.1 Å². The Morgan fingerprint density at radius 3 is 2.29 bits per heavy atom. The van der Waals surface area contributed by atoms with E-state index < -0.39 is 0 Å². The number of hydrogen-bond donors (Lipinski definition) is 1. The average Bonchev–Trinajstić information content (AvgIpc) is 2.78. The average molecular weight is 195 g/mol. The lowest BCUT2D eigenvalue weighted by Crippen LogP contribution is -2.28. The van der Waals surface area contributed by atoms with E-state index in [1.165, 1.54) is 32.6 Å². The van der Waals surface area contributed by atoms with Gasteiger partial charge in [0.05, 0.1) is 6.42 Å². The SMILES string of the molecule is CC(=O)CC(=O)NC1C2CCCCC21. The lowest BCUT2D eigenvalue weighted by molar-refractivity contribution is -0.127. The summed E-state index contributed by atoms with van der Waals surface area (Å²) in [6.07, 6.45) is 5.18. The molecular formula is C11H17NO2. The van der Waals surface area contributed by atoms with Crippen LogP contribution in [0, 0.1) is 11.8 Å². The molecule has 2 rings (SSSR count). The highest BCUT2D eigenvalue weighted by molar-refractivity contribution is 5.97. The topological polar surface area (TPSA) is 46.2 Å². The van der Waals surface area contributed by atoms with Crippen LogP contribution in [0.4, 0.5) is 0 Å². The molecule has 0 aromatic carbocycles. The molecule has 0 aromatic rings. The van der Waals surface area contributed by atoms with Crippen LogP contribution in [0.2, 0.25) is 0 Å². The van der Waals surface area contributed by atoms with Crippen molar-refractivity contribution in [3.05, 3.63) is 0 Å². The Morgan fingerprint density at radius 2 is 1.79 bits per heavy atom. The van der Waals surface area contributed by atoms with Gasteiger partial charge in [-0.3, -0.25) is 9.59 Å². The van der Waals surface area contributed by atoms with Gasteiger partial charge in [-0.2, -0.15) is 0 Å². The molecule has 2 aliphatic rings. The van der Waals surface area contributed by atoms with Crippen LogP contribution in [-0.4, -0.2) is 17.7 Å². The molecule has 2 unspecified atom stereocenters. The van der Waals surface area contributed by atoms with Gasteiger partial charge in [0, 0.05) is 6.04 Å². The molecule has 0 aliphatic heterocycles. The summed E-state index contributed by atoms with van der Waals surface area (Å²) in [5.74, 6) is 1.31. The van der Waals surface area contributed by atoms with Crippen LogP contribution >= 0.6 is 0 Å². The molecule has 0 saturated heterocycles. The van der Waals surface area contributed by atoms with Gasteiger partial charge in [-0.15, -0.1) is 0 Å². The van der Waals surface area contributed by atoms with Gasteiger partial charge in [-0.1, -0.05) is 12.8 Å². The van der Waals surface area contributed by atoms with Gasteiger partial charge in [-0.05, 0) is 31.6 Å². The molecule has 0 spiro atoms. The van der Waals surface area contributed by atoms with Crippen molar-refractivity contribution in [3.63, 3.8) is 0 Å². The summed E-state index contributed by atoms with van der Waals surface area (Å²) in [6, 6.07) is 0.393. The minimum absolute atomic E-state index is 0.0499. The number of amides is 1. The summed E-state index contributed by atoms with van der Waals surface area (Å²) in [6.45, 7) is 1.46. The first-order chi connectivity index (χ1) is 6.68. The second-order valence-corrected chi connectivity index (χ2v) is 4.58. The van der Waals surface area contributed by atoms with Crippen LogP contribution in [0.15, 0.2) is 0 Å². The van der Waals surface area contributed by atoms with Crippen LogP contribution in [-0.2, 0) is 9.59 Å². The first-order valence-electron chi connectivity index (χ1n) is 5.47. The number of nitrogens with one attached hydrogen (secondary N) is 1. The molecule has 14 heavy (non-hydrogen) atoms. The first kappa shape index (κ1) is 9.69. The lowest BCUT2D eigenvalue weighted by Gasteiger charge is -2.04. The Hall–Kier alpha value is -0.860. The summed E-state index contributed by atoms with van der Waals surface area (Å²) in [4.78, 5) is 22.0. The summed E-state index contributed by atoms with van der Waals surface area (Å²) in [5.41, 5.74) is 0. The molecule has 0 bridgehead atoms. The van der Waals surface area contributed by atoms with E-state index in [2.05, 4.69) is 5.32 Å². The maximum Gasteiger partial charge on any atom is 0.227 e. The largest absolute Gasteiger partial charge is 0.352 e. The maximum atomic E-state index is 11.3. The minimum Gasteiger partial charge on any atom is -0.352 e. The van der Waals surface area contributed by atoms with E-state index in [1.54, 1.807) is 0 Å². The molecule has 1 amide bonds. The molecule has 3 nitrogen and oxygen atoms in total. The van der Waals surface area contributed by atoms with Crippen molar-refractivity contribution in [3.8, 4) is 0 Å². The summed E-state index contributed by atoms with van der Waals surface area (Å²) >= 11 is 0. The number of carbonyl (C=O) groups is 2. The maximum absolute atomic E-state index is 11.3. The second kappa shape index (κ2) is 3.71. The molecule has 1 N–H and O–H groups in total. The molecule has 78 valence electrons. The lowest BCUT2D eigenvalue weighted by atomic mass is 10.0. The Morgan fingerprint density at radius 1 is 1.21 bits per heavy atom. The Labute approximate surface area is 84.2 Å². The van der Waals surface area contributed by atoms with Crippen molar-refractivity contribution in [2.24, 2.45) is 11.8 Å². The Balaban J connectivity index is 1.76. The minimum atomic E-state index is -0.0862. The van der Waals surface area contributed by atoms with Gasteiger partial charge in [0.2, 0.25) is 5.91 Å². The predicted molar refractivity (Wildman–Crippen MR) is 52.7 cm³/mol. The van der Waals surface area contributed by atoms with Crippen molar-refractivity contribution in [2.45, 2.75) is 45.1 Å². The van der Waals surface area contributed by atoms with Gasteiger partial charge in [-0.25, -0.2) is 0 Å². The highest BCUT2D eigenvalue weighted by Crippen LogP contribution is 2.49. The fraction of sp³-hybridized carbons (Fsp3) is 0.818. The van der Waals surface area contributed by atoms with E-state index in [9.17, 15) is 9.59 Å². The van der Waals surface area contributed by atoms with Crippen molar-refractivity contribution < 1.29 is 9.59 Å². The van der Waals surface area contributed by atoms with Crippen LogP contribution < -0.4 is 5.32 Å². The number of rotatable bonds is 3. The van der Waals surface area contributed by atoms with Crippen molar-refractivity contribution >= 4 is 11.7 Å². The standard InChI is InChI=1S/C11H17NO2/c1-7(13)6-10(14)12-11-8-4-2-3-5-9(8)11/h8-9,11H,2-6H2,1H3,(H,12,14). The van der Waals surface area contributed by atoms with E-state index in [0.29, 0.717) is 6.04 Å². The summed E-state index contributed by atoms with van der Waals surface area (Å²) in [5, 5.41) is 2.97. The van der Waals surface area contributed by atoms with Crippen LogP contribution in [0.3, 0.4) is 0 Å². The molecule has 3 heteroatoms. The van der Waals surface area contributed by atoms with Crippen LogP contribution in [0.25, 0.3) is 0 Å². The smallest absolute Gasteiger partial charge is 0.227 e. The van der Waals surface area contributed by atoms with Crippen molar-refractivity contribution in [1.82, 2.24) is 5.32 Å². The normalized spacial score (nSPS) is 34.5. The molecule has 2 fully saturated rings. The number of carbonyl (C=O) groups excluding carboxylic acids is 2. The molecular weight excluding hydrogens is 178 g/mol. The second-order valence-electron chi connectivity index (χ2n) is 4.58. The number of ketones is 1. The van der Waals surface area contributed by atoms with Gasteiger partial charge < -0.3 is 5.32 Å². The zero-order valence-corrected chi connectivity index (χ0v) is 8.58. The third-order valence-electron chi connectivity index (χ3n) is 3.39. The highest BCUT2D eigenvalue weighted by Gasteiger charge is 2.51. The number of hydrogen-bond acceptors (Lipinski definition) is 2. The van der Waals surface area contributed by atoms with Crippen LogP contribution in [0.1, 0.15) is 39.0 Å². The molecule has 0 heterocycles. The van der Waals surface area contributed by atoms with Gasteiger partial charge in [0.1, 0.15) is 5.78 Å². The Bertz CT molecular complexity index is 250. The summed E-state index contributed by atoms with van der Waals surface area (Å²) < 4.78 is 0. The van der Waals surface area contributed by atoms with Crippen molar-refractivity contribution in [1.29, 1.82) is 0 Å². The zero-order chi connectivity index (χ0) is 10.1. The van der Waals surface area contributed by atoms with Gasteiger partial charge in [0.25, 0.3) is 0 Å². The number of fused-ring (bicyclic) bond motifs is 1. The van der Waals surface area contributed by atoms with E-state index in [1.807, 2.05) is 0 Å². The van der Waals surface area contributed by atoms with E-state index in [0.717, 1.165) is 11.8 Å². The Kier molecular flexibility index (Phi) is 2.57. The molecule has 2 atom stereocenters. The van der Waals surface area contributed by atoms with Gasteiger partial charge >= 0.3 is 0 Å². The fourth-order valence-corrected chi connectivity index (χ4v) is 2.67. The quantitative estimate of drug-likeness (QED) is 0.689. The monoisotopic (exact) mass is 195 g/mol. The third-order valence-corrected chi connectivity index (χ3v) is 3.39. The van der Waals surface area contributed by atoms with Crippen LogP contribution in [0.5, 0.6) is 0 Å². The van der Waals surface area contributed by atoms with E-state index in [4.69, 9.17) is 0 Å². The predicted octanol–water partition coefficient (Wildman–Crippen LogP) is 1.27. The molecule has 2 aliphatic carbocycles. The highest BCUT2D eigenvalue weighted by atomic mass is 16.2. The van der Waals surface area contributed by atoms with E-state index >= 15 is 0 Å². The summed E-state index contributed by atoms with van der Waals surface area (Å²) in [7, 11) is 0.